The third-order valence-corrected chi connectivity index (χ3v) is 4.39. The third kappa shape index (κ3) is 2.26. The van der Waals surface area contributed by atoms with Crippen molar-refractivity contribution in [3.8, 4) is 0 Å². The second-order valence-electron chi connectivity index (χ2n) is 5.10. The number of likely N-dealkylation sites (tertiary alicyclic amines) is 1. The minimum absolute atomic E-state index is 0.146. The summed E-state index contributed by atoms with van der Waals surface area (Å²) < 4.78 is 2.70. The first-order valence-electron chi connectivity index (χ1n) is 6.52. The largest absolute Gasteiger partial charge is 0.314 e. The summed E-state index contributed by atoms with van der Waals surface area (Å²) in [6.45, 7) is 1.80. The highest BCUT2D eigenvalue weighted by Crippen LogP contribution is 2.34. The molecule has 0 radical (unpaired) electrons. The van der Waals surface area contributed by atoms with E-state index in [9.17, 15) is 9.59 Å². The molecule has 2 aromatic rings. The second kappa shape index (κ2) is 5.10. The number of carbonyl (C=O) groups excluding carboxylic acids is 2. The van der Waals surface area contributed by atoms with E-state index in [1.165, 1.54) is 7.05 Å². The number of fused-ring (bicyclic) bond motifs is 1. The molecule has 2 amide bonds. The van der Waals surface area contributed by atoms with Crippen molar-refractivity contribution in [2.24, 2.45) is 0 Å². The molecule has 7 heteroatoms. The van der Waals surface area contributed by atoms with Crippen molar-refractivity contribution in [1.29, 1.82) is 0 Å². The molecule has 110 valence electrons. The fourth-order valence-electron chi connectivity index (χ4n) is 2.64. The molecule has 0 saturated carbocycles. The monoisotopic (exact) mass is 369 g/mol. The van der Waals surface area contributed by atoms with Gasteiger partial charge < -0.3 is 4.57 Å². The summed E-state index contributed by atoms with van der Waals surface area (Å²) in [5, 5.41) is -0.356. The van der Waals surface area contributed by atoms with E-state index in [0.717, 1.165) is 20.4 Å². The minimum Gasteiger partial charge on any atom is -0.314 e. The van der Waals surface area contributed by atoms with Gasteiger partial charge in [-0.25, -0.2) is 4.98 Å². The van der Waals surface area contributed by atoms with Gasteiger partial charge in [0.15, 0.2) is 0 Å². The summed E-state index contributed by atoms with van der Waals surface area (Å²) in [5.41, 5.74) is 1.56. The molecule has 21 heavy (non-hydrogen) atoms. The van der Waals surface area contributed by atoms with Crippen LogP contribution in [0.15, 0.2) is 22.7 Å². The van der Waals surface area contributed by atoms with Gasteiger partial charge in [-0.15, -0.1) is 11.6 Å². The third-order valence-electron chi connectivity index (χ3n) is 3.70. The predicted molar refractivity (Wildman–Crippen MR) is 83.1 cm³/mol. The number of rotatable bonds is 2. The topological polar surface area (TPSA) is 55.2 Å². The number of likely N-dealkylation sites (N-methyl/N-ethyl adjacent to an activating group) is 1. The van der Waals surface area contributed by atoms with Crippen LogP contribution in [0, 0.1) is 0 Å². The maximum absolute atomic E-state index is 12.3. The second-order valence-corrected chi connectivity index (χ2v) is 6.67. The highest BCUT2D eigenvalue weighted by molar-refractivity contribution is 9.10. The van der Waals surface area contributed by atoms with Gasteiger partial charge in [-0.05, 0) is 25.1 Å². The van der Waals surface area contributed by atoms with Gasteiger partial charge in [0.1, 0.15) is 11.9 Å². The molecule has 0 spiro atoms. The Labute approximate surface area is 135 Å². The Hall–Kier alpha value is -1.40. The number of aromatic nitrogens is 2. The first-order chi connectivity index (χ1) is 9.90. The van der Waals surface area contributed by atoms with Gasteiger partial charge >= 0.3 is 0 Å². The van der Waals surface area contributed by atoms with Crippen molar-refractivity contribution in [1.82, 2.24) is 14.5 Å². The molecular weight excluding hydrogens is 358 g/mol. The van der Waals surface area contributed by atoms with Crippen molar-refractivity contribution in [3.05, 3.63) is 28.5 Å². The molecule has 0 aliphatic carbocycles. The predicted octanol–water partition coefficient (Wildman–Crippen LogP) is 3.03. The average Bonchev–Trinajstić information content (AvgIpc) is 2.91. The van der Waals surface area contributed by atoms with E-state index >= 15 is 0 Å². The van der Waals surface area contributed by atoms with E-state index in [4.69, 9.17) is 11.6 Å². The van der Waals surface area contributed by atoms with Crippen LogP contribution in [0.25, 0.3) is 11.0 Å². The van der Waals surface area contributed by atoms with E-state index in [-0.39, 0.29) is 23.6 Å². The van der Waals surface area contributed by atoms with Gasteiger partial charge in [-0.3, -0.25) is 14.5 Å². The number of imidazole rings is 1. The Morgan fingerprint density at radius 2 is 2.14 bits per heavy atom. The Balaban J connectivity index is 2.23. The summed E-state index contributed by atoms with van der Waals surface area (Å²) in [6.07, 6.45) is 0.146. The molecule has 1 aromatic heterocycles. The molecule has 1 fully saturated rings. The number of alkyl halides is 1. The van der Waals surface area contributed by atoms with E-state index in [0.29, 0.717) is 5.82 Å². The minimum atomic E-state index is -0.565. The van der Waals surface area contributed by atoms with Crippen molar-refractivity contribution in [3.63, 3.8) is 0 Å². The highest BCUT2D eigenvalue weighted by Gasteiger charge is 2.39. The van der Waals surface area contributed by atoms with Crippen LogP contribution in [-0.2, 0) is 9.59 Å². The average molecular weight is 371 g/mol. The molecule has 1 aliphatic rings. The number of hydrogen-bond acceptors (Lipinski definition) is 3. The zero-order valence-corrected chi connectivity index (χ0v) is 13.8. The molecule has 0 N–H and O–H groups in total. The number of imide groups is 1. The molecule has 2 atom stereocenters. The van der Waals surface area contributed by atoms with Crippen molar-refractivity contribution in [2.75, 3.05) is 7.05 Å². The van der Waals surface area contributed by atoms with Gasteiger partial charge in [0.25, 0.3) is 5.91 Å². The summed E-state index contributed by atoms with van der Waals surface area (Å²) in [4.78, 5) is 29.8. The summed E-state index contributed by atoms with van der Waals surface area (Å²) in [7, 11) is 1.50. The molecule has 2 unspecified atom stereocenters. The number of carbonyl (C=O) groups is 2. The van der Waals surface area contributed by atoms with Crippen LogP contribution in [0.5, 0.6) is 0 Å². The SMILES string of the molecule is CC(Cl)c1nc2cc(Br)ccc2n1C1CC(=O)N(C)C1=O. The fourth-order valence-corrected chi connectivity index (χ4v) is 3.14. The lowest BCUT2D eigenvalue weighted by atomic mass is 10.2. The Morgan fingerprint density at radius 1 is 1.43 bits per heavy atom. The van der Waals surface area contributed by atoms with Crippen molar-refractivity contribution in [2.45, 2.75) is 24.8 Å². The van der Waals surface area contributed by atoms with Gasteiger partial charge in [0.2, 0.25) is 5.91 Å². The van der Waals surface area contributed by atoms with Crippen LogP contribution in [-0.4, -0.2) is 33.3 Å². The van der Waals surface area contributed by atoms with E-state index in [1.54, 1.807) is 11.5 Å². The molecule has 5 nitrogen and oxygen atoms in total. The first-order valence-corrected chi connectivity index (χ1v) is 7.75. The summed E-state index contributed by atoms with van der Waals surface area (Å²) in [6, 6.07) is 5.07. The molecule has 1 aliphatic heterocycles. The van der Waals surface area contributed by atoms with Gasteiger partial charge in [0, 0.05) is 11.5 Å². The van der Waals surface area contributed by atoms with Crippen LogP contribution >= 0.6 is 27.5 Å². The molecule has 1 saturated heterocycles. The fraction of sp³-hybridized carbons (Fsp3) is 0.357. The molecule has 2 heterocycles. The maximum Gasteiger partial charge on any atom is 0.252 e. The smallest absolute Gasteiger partial charge is 0.252 e. The number of benzene rings is 1. The Morgan fingerprint density at radius 3 is 2.71 bits per heavy atom. The quantitative estimate of drug-likeness (QED) is 0.603. The summed E-state index contributed by atoms with van der Waals surface area (Å²) >= 11 is 9.62. The normalized spacial score (nSPS) is 20.6. The van der Waals surface area contributed by atoms with Crippen molar-refractivity contribution >= 4 is 50.4 Å². The number of hydrogen-bond donors (Lipinski definition) is 0. The number of nitrogens with zero attached hydrogens (tertiary/aromatic N) is 3. The van der Waals surface area contributed by atoms with E-state index in [2.05, 4.69) is 20.9 Å². The summed E-state index contributed by atoms with van der Waals surface area (Å²) in [5.74, 6) is 0.198. The maximum atomic E-state index is 12.3. The Bertz CT molecular complexity index is 756. The highest BCUT2D eigenvalue weighted by atomic mass is 79.9. The van der Waals surface area contributed by atoms with Crippen LogP contribution in [0.1, 0.15) is 30.6 Å². The van der Waals surface area contributed by atoms with Crippen LogP contribution in [0.2, 0.25) is 0 Å². The first kappa shape index (κ1) is 14.5. The van der Waals surface area contributed by atoms with Crippen molar-refractivity contribution < 1.29 is 9.59 Å². The van der Waals surface area contributed by atoms with E-state index in [1.807, 2.05) is 18.2 Å². The lowest BCUT2D eigenvalue weighted by molar-refractivity contribution is -0.137. The number of halogens is 2. The van der Waals surface area contributed by atoms with Gasteiger partial charge in [-0.1, -0.05) is 15.9 Å². The van der Waals surface area contributed by atoms with E-state index < -0.39 is 6.04 Å². The Kier molecular flexibility index (Phi) is 3.53. The molecule has 1 aromatic carbocycles. The zero-order chi connectivity index (χ0) is 15.3. The molecule has 0 bridgehead atoms. The molecular formula is C14H13BrClN3O2. The molecule has 3 rings (SSSR count). The lowest BCUT2D eigenvalue weighted by Gasteiger charge is -2.16. The van der Waals surface area contributed by atoms with Crippen LogP contribution in [0.3, 0.4) is 0 Å². The van der Waals surface area contributed by atoms with Crippen LogP contribution < -0.4 is 0 Å². The van der Waals surface area contributed by atoms with Crippen LogP contribution in [0.4, 0.5) is 0 Å². The van der Waals surface area contributed by atoms with Gasteiger partial charge in [0.05, 0.1) is 22.8 Å². The lowest BCUT2D eigenvalue weighted by Crippen LogP contribution is -2.27. The van der Waals surface area contributed by atoms with Gasteiger partial charge in [-0.2, -0.15) is 0 Å². The number of amides is 2. The standard InChI is InChI=1S/C14H13BrClN3O2/c1-7(16)13-17-9-5-8(15)3-4-10(9)19(13)11-6-12(20)18(2)14(11)21/h3-5,7,11H,6H2,1-2H3. The zero-order valence-electron chi connectivity index (χ0n) is 11.5.